The number of nitrogens with zero attached hydrogens (tertiary/aromatic N) is 4. The van der Waals surface area contributed by atoms with Crippen molar-refractivity contribution in [3.05, 3.63) is 35.8 Å². The predicted octanol–water partition coefficient (Wildman–Crippen LogP) is 1.40. The molecule has 2 aromatic rings. The fraction of sp³-hybridized carbons (Fsp3) is 0.455. The summed E-state index contributed by atoms with van der Waals surface area (Å²) in [4.78, 5) is 14.4. The molecule has 9 heteroatoms. The van der Waals surface area contributed by atoms with Crippen LogP contribution in [0.2, 0.25) is 0 Å². The van der Waals surface area contributed by atoms with E-state index in [1.54, 1.807) is 10.7 Å². The summed E-state index contributed by atoms with van der Waals surface area (Å²) < 4.78 is 7.36. The number of piperidine rings is 1. The van der Waals surface area contributed by atoms with Gasteiger partial charge in [-0.1, -0.05) is 0 Å². The molecule has 2 saturated heterocycles. The summed E-state index contributed by atoms with van der Waals surface area (Å²) in [6.07, 6.45) is 8.20. The Morgan fingerprint density at radius 3 is 2.84 bits per heavy atom. The molecule has 0 saturated carbocycles. The molecule has 9 nitrogen and oxygen atoms in total. The molecule has 2 aliphatic heterocycles. The Bertz CT molecular complexity index is 1040. The molecule has 0 radical (unpaired) electrons. The van der Waals surface area contributed by atoms with Gasteiger partial charge >= 0.3 is 0 Å². The fourth-order valence-electron chi connectivity index (χ4n) is 3.99. The van der Waals surface area contributed by atoms with Gasteiger partial charge in [-0.05, 0) is 25.8 Å². The molecule has 0 bridgehead atoms. The van der Waals surface area contributed by atoms with Crippen LogP contribution in [0.15, 0.2) is 24.7 Å². The number of carbonyl (C=O) groups excluding carboxylic acids is 1. The second-order valence-corrected chi connectivity index (χ2v) is 7.85. The Morgan fingerprint density at radius 1 is 1.45 bits per heavy atom. The van der Waals surface area contributed by atoms with Crippen LogP contribution in [0.4, 0.5) is 0 Å². The first-order valence-electron chi connectivity index (χ1n) is 10.7. The van der Waals surface area contributed by atoms with Crippen LogP contribution in [0, 0.1) is 22.7 Å². The molecule has 0 unspecified atom stereocenters. The van der Waals surface area contributed by atoms with E-state index < -0.39 is 0 Å². The number of likely N-dealkylation sites (tertiary alicyclic amines) is 1. The fourth-order valence-corrected chi connectivity index (χ4v) is 3.99. The average Bonchev–Trinajstić information content (AvgIpc) is 3.17. The van der Waals surface area contributed by atoms with Gasteiger partial charge < -0.3 is 25.7 Å². The number of rotatable bonds is 7. The summed E-state index contributed by atoms with van der Waals surface area (Å²) in [7, 11) is 0. The monoisotopic (exact) mass is 421 g/mol. The normalized spacial score (nSPS) is 17.8. The lowest BCUT2D eigenvalue weighted by Crippen LogP contribution is -2.54. The lowest BCUT2D eigenvalue weighted by Gasteiger charge is -2.37. The lowest BCUT2D eigenvalue weighted by atomic mass is 9.98. The molecule has 2 aromatic heterocycles. The van der Waals surface area contributed by atoms with Gasteiger partial charge in [-0.3, -0.25) is 4.79 Å². The predicted molar refractivity (Wildman–Crippen MR) is 117 cm³/mol. The minimum Gasteiger partial charge on any atom is -0.492 e. The van der Waals surface area contributed by atoms with E-state index in [1.165, 1.54) is 12.4 Å². The van der Waals surface area contributed by atoms with E-state index in [1.807, 2.05) is 24.1 Å². The summed E-state index contributed by atoms with van der Waals surface area (Å²) in [5, 5.41) is 28.0. The molecule has 4 rings (SSSR count). The van der Waals surface area contributed by atoms with Crippen molar-refractivity contribution < 1.29 is 9.53 Å². The third-order valence-corrected chi connectivity index (χ3v) is 5.90. The van der Waals surface area contributed by atoms with E-state index in [-0.39, 0.29) is 17.9 Å². The van der Waals surface area contributed by atoms with Crippen LogP contribution in [-0.4, -0.2) is 65.5 Å². The molecule has 0 aromatic carbocycles. The average molecular weight is 422 g/mol. The van der Waals surface area contributed by atoms with Crippen molar-refractivity contribution in [2.75, 3.05) is 32.8 Å². The van der Waals surface area contributed by atoms with Crippen LogP contribution in [0.3, 0.4) is 0 Å². The van der Waals surface area contributed by atoms with Gasteiger partial charge in [0.15, 0.2) is 0 Å². The molecule has 2 aliphatic rings. The quantitative estimate of drug-likeness (QED) is 0.582. The SMILES string of the molecule is CCOc1cc(/C(C=N)=C/NC2CCN(C(=O)C3CNC3)CC2)cn2ncc(C#N)c12. The maximum atomic E-state index is 12.4. The molecular weight excluding hydrogens is 394 g/mol. The zero-order chi connectivity index (χ0) is 21.8. The minimum absolute atomic E-state index is 0.146. The maximum Gasteiger partial charge on any atom is 0.228 e. The number of fused-ring (bicyclic) bond motifs is 1. The molecule has 0 spiro atoms. The smallest absolute Gasteiger partial charge is 0.228 e. The van der Waals surface area contributed by atoms with Gasteiger partial charge in [0.2, 0.25) is 5.91 Å². The zero-order valence-electron chi connectivity index (χ0n) is 17.6. The Morgan fingerprint density at radius 2 is 2.23 bits per heavy atom. The van der Waals surface area contributed by atoms with Gasteiger partial charge in [0, 0.05) is 62.0 Å². The first-order chi connectivity index (χ1) is 15.1. The van der Waals surface area contributed by atoms with Crippen LogP contribution in [0.5, 0.6) is 5.75 Å². The van der Waals surface area contributed by atoms with Crippen molar-refractivity contribution in [3.63, 3.8) is 0 Å². The van der Waals surface area contributed by atoms with Crippen molar-refractivity contribution in [3.8, 4) is 11.8 Å². The number of hydrogen-bond donors (Lipinski definition) is 3. The zero-order valence-corrected chi connectivity index (χ0v) is 17.6. The van der Waals surface area contributed by atoms with Crippen LogP contribution in [0.25, 0.3) is 11.1 Å². The summed E-state index contributed by atoms with van der Waals surface area (Å²) in [6.45, 7) is 5.45. The van der Waals surface area contributed by atoms with Gasteiger partial charge in [-0.15, -0.1) is 0 Å². The first kappa shape index (κ1) is 20.9. The van der Waals surface area contributed by atoms with E-state index in [4.69, 9.17) is 10.1 Å². The highest BCUT2D eigenvalue weighted by Gasteiger charge is 2.31. The second kappa shape index (κ2) is 9.18. The van der Waals surface area contributed by atoms with E-state index in [0.717, 1.165) is 44.6 Å². The van der Waals surface area contributed by atoms with Gasteiger partial charge in [-0.2, -0.15) is 10.4 Å². The van der Waals surface area contributed by atoms with Crippen LogP contribution in [-0.2, 0) is 4.79 Å². The van der Waals surface area contributed by atoms with Crippen molar-refractivity contribution in [2.24, 2.45) is 5.92 Å². The van der Waals surface area contributed by atoms with Crippen molar-refractivity contribution in [1.29, 1.82) is 10.7 Å². The second-order valence-electron chi connectivity index (χ2n) is 7.85. The minimum atomic E-state index is 0.146. The molecule has 1 amide bonds. The molecule has 2 fully saturated rings. The Balaban J connectivity index is 1.46. The van der Waals surface area contributed by atoms with E-state index in [9.17, 15) is 10.1 Å². The van der Waals surface area contributed by atoms with Crippen LogP contribution in [0.1, 0.15) is 30.9 Å². The third kappa shape index (κ3) is 4.25. The Kier molecular flexibility index (Phi) is 6.18. The van der Waals surface area contributed by atoms with Crippen LogP contribution >= 0.6 is 0 Å². The highest BCUT2D eigenvalue weighted by atomic mass is 16.5. The highest BCUT2D eigenvalue weighted by molar-refractivity contribution is 6.08. The Hall–Kier alpha value is -3.38. The van der Waals surface area contributed by atoms with Crippen molar-refractivity contribution in [1.82, 2.24) is 25.1 Å². The molecule has 3 N–H and O–H groups in total. The number of amides is 1. The number of carbonyl (C=O) groups is 1. The van der Waals surface area contributed by atoms with E-state index in [2.05, 4.69) is 21.8 Å². The van der Waals surface area contributed by atoms with Gasteiger partial charge in [0.25, 0.3) is 0 Å². The van der Waals surface area contributed by atoms with E-state index in [0.29, 0.717) is 29.0 Å². The van der Waals surface area contributed by atoms with E-state index >= 15 is 0 Å². The number of nitrogens with one attached hydrogen (secondary N) is 3. The largest absolute Gasteiger partial charge is 0.492 e. The number of ether oxygens (including phenoxy) is 1. The molecule has 162 valence electrons. The van der Waals surface area contributed by atoms with Crippen molar-refractivity contribution >= 4 is 23.2 Å². The van der Waals surface area contributed by atoms with Crippen molar-refractivity contribution in [2.45, 2.75) is 25.8 Å². The number of pyridine rings is 1. The molecule has 4 heterocycles. The maximum absolute atomic E-state index is 12.4. The lowest BCUT2D eigenvalue weighted by molar-refractivity contribution is -0.138. The summed E-state index contributed by atoms with van der Waals surface area (Å²) in [6, 6.07) is 4.23. The number of aromatic nitrogens is 2. The van der Waals surface area contributed by atoms with Gasteiger partial charge in [0.05, 0.1) is 18.7 Å². The third-order valence-electron chi connectivity index (χ3n) is 5.90. The summed E-state index contributed by atoms with van der Waals surface area (Å²) in [5.41, 5.74) is 2.55. The highest BCUT2D eigenvalue weighted by Crippen LogP contribution is 2.27. The van der Waals surface area contributed by atoms with Gasteiger partial charge in [0.1, 0.15) is 22.9 Å². The number of allylic oxidation sites excluding steroid dienone is 1. The molecule has 31 heavy (non-hydrogen) atoms. The number of hydrogen-bond acceptors (Lipinski definition) is 7. The standard InChI is InChI=1S/C22H27N7O2/c1-2-31-20-7-15(14-29-21(20)17(9-24)13-27-29)16(8-23)12-26-19-3-5-28(6-4-19)22(30)18-10-25-11-18/h7-8,12-14,18-19,23,25-26H,2-6,10-11H2,1H3/b16-12+,23-8?. The molecule has 0 aliphatic carbocycles. The summed E-state index contributed by atoms with van der Waals surface area (Å²) in [5.74, 6) is 0.979. The molecule has 0 atom stereocenters. The molecular formula is C22H27N7O2. The first-order valence-corrected chi connectivity index (χ1v) is 10.7. The van der Waals surface area contributed by atoms with Crippen LogP contribution < -0.4 is 15.4 Å². The van der Waals surface area contributed by atoms with Gasteiger partial charge in [-0.25, -0.2) is 4.52 Å². The summed E-state index contributed by atoms with van der Waals surface area (Å²) >= 11 is 0. The topological polar surface area (TPSA) is 119 Å². The number of nitriles is 1. The Labute approximate surface area is 181 Å².